The summed E-state index contributed by atoms with van der Waals surface area (Å²) in [4.78, 5) is 2.07. The molecule has 6 heteroatoms. The minimum Gasteiger partial charge on any atom is -0.508 e. The van der Waals surface area contributed by atoms with Crippen LogP contribution in [0.4, 0.5) is 0 Å². The molecule has 6 nitrogen and oxygen atoms in total. The molecular formula is C19H17N5O. The average molecular weight is 331 g/mol. The van der Waals surface area contributed by atoms with Crippen LogP contribution in [-0.4, -0.2) is 30.1 Å². The molecule has 0 aromatic heterocycles. The van der Waals surface area contributed by atoms with E-state index >= 15 is 0 Å². The number of phenolic OH excluding ortho intramolecular Hbond substituents is 1. The van der Waals surface area contributed by atoms with Gasteiger partial charge in [-0.25, -0.2) is 0 Å². The number of nitrogens with two attached hydrogens (primary N) is 1. The van der Waals surface area contributed by atoms with E-state index in [-0.39, 0.29) is 22.9 Å². The third-order valence-corrected chi connectivity index (χ3v) is 5.08. The Morgan fingerprint density at radius 3 is 2.60 bits per heavy atom. The van der Waals surface area contributed by atoms with Gasteiger partial charge in [-0.2, -0.15) is 15.8 Å². The second-order valence-electron chi connectivity index (χ2n) is 6.49. The zero-order valence-electron chi connectivity index (χ0n) is 13.8. The molecule has 1 aliphatic carbocycles. The molecule has 2 atom stereocenters. The Labute approximate surface area is 146 Å². The van der Waals surface area contributed by atoms with Crippen LogP contribution in [0.1, 0.15) is 11.5 Å². The second kappa shape index (κ2) is 5.98. The zero-order valence-corrected chi connectivity index (χ0v) is 13.8. The summed E-state index contributed by atoms with van der Waals surface area (Å²) < 4.78 is 0. The summed E-state index contributed by atoms with van der Waals surface area (Å²) in [6, 6.07) is 12.8. The van der Waals surface area contributed by atoms with Crippen molar-refractivity contribution in [2.24, 2.45) is 17.1 Å². The minimum atomic E-state index is -1.65. The Morgan fingerprint density at radius 1 is 1.28 bits per heavy atom. The molecule has 124 valence electrons. The van der Waals surface area contributed by atoms with Gasteiger partial charge in [0.25, 0.3) is 0 Å². The molecule has 1 heterocycles. The lowest BCUT2D eigenvalue weighted by Crippen LogP contribution is -2.47. The quantitative estimate of drug-likeness (QED) is 0.808. The lowest BCUT2D eigenvalue weighted by atomic mass is 9.58. The lowest BCUT2D eigenvalue weighted by molar-refractivity contribution is 0.237. The van der Waals surface area contributed by atoms with Crippen LogP contribution in [0.2, 0.25) is 0 Å². The van der Waals surface area contributed by atoms with E-state index < -0.39 is 11.3 Å². The molecule has 1 aromatic rings. The third kappa shape index (κ3) is 2.34. The molecule has 1 aliphatic heterocycles. The van der Waals surface area contributed by atoms with Crippen molar-refractivity contribution >= 4 is 0 Å². The van der Waals surface area contributed by atoms with Crippen LogP contribution in [0, 0.1) is 45.3 Å². The van der Waals surface area contributed by atoms with Gasteiger partial charge in [0.1, 0.15) is 11.8 Å². The van der Waals surface area contributed by atoms with Crippen molar-refractivity contribution in [1.29, 1.82) is 15.8 Å². The zero-order chi connectivity index (χ0) is 18.2. The highest BCUT2D eigenvalue weighted by atomic mass is 16.3. The number of hydrogen-bond donors (Lipinski definition) is 2. The summed E-state index contributed by atoms with van der Waals surface area (Å²) >= 11 is 0. The van der Waals surface area contributed by atoms with Crippen LogP contribution >= 0.6 is 0 Å². The van der Waals surface area contributed by atoms with E-state index in [9.17, 15) is 20.9 Å². The van der Waals surface area contributed by atoms with Crippen LogP contribution in [0.15, 0.2) is 47.2 Å². The molecule has 0 saturated heterocycles. The van der Waals surface area contributed by atoms with E-state index in [1.54, 1.807) is 18.2 Å². The predicted molar refractivity (Wildman–Crippen MR) is 90.4 cm³/mol. The first-order chi connectivity index (χ1) is 12.0. The summed E-state index contributed by atoms with van der Waals surface area (Å²) in [5, 5.41) is 39.3. The molecule has 0 unspecified atom stereocenters. The van der Waals surface area contributed by atoms with E-state index in [0.717, 1.165) is 5.57 Å². The number of fused-ring (bicyclic) bond motifs is 1. The predicted octanol–water partition coefficient (Wildman–Crippen LogP) is 1.75. The van der Waals surface area contributed by atoms with Crippen LogP contribution in [-0.2, 0) is 0 Å². The number of aromatic hydroxyl groups is 1. The van der Waals surface area contributed by atoms with Crippen molar-refractivity contribution in [3.05, 3.63) is 52.7 Å². The molecule has 25 heavy (non-hydrogen) atoms. The second-order valence-corrected chi connectivity index (χ2v) is 6.49. The van der Waals surface area contributed by atoms with Crippen molar-refractivity contribution in [3.63, 3.8) is 0 Å². The van der Waals surface area contributed by atoms with Crippen molar-refractivity contribution in [1.82, 2.24) is 4.90 Å². The Bertz CT molecular complexity index is 895. The topological polar surface area (TPSA) is 121 Å². The molecule has 1 aromatic carbocycles. The van der Waals surface area contributed by atoms with Gasteiger partial charge >= 0.3 is 0 Å². The van der Waals surface area contributed by atoms with Gasteiger partial charge in [0, 0.05) is 24.9 Å². The van der Waals surface area contributed by atoms with Gasteiger partial charge in [-0.3, -0.25) is 0 Å². The summed E-state index contributed by atoms with van der Waals surface area (Å²) in [7, 11) is 1.95. The smallest absolute Gasteiger partial charge is 0.191 e. The van der Waals surface area contributed by atoms with Crippen LogP contribution in [0.25, 0.3) is 0 Å². The van der Waals surface area contributed by atoms with Crippen LogP contribution in [0.3, 0.4) is 0 Å². The average Bonchev–Trinajstić information content (AvgIpc) is 2.61. The van der Waals surface area contributed by atoms with Gasteiger partial charge < -0.3 is 15.7 Å². The van der Waals surface area contributed by atoms with E-state index in [1.807, 2.05) is 13.1 Å². The Hall–Kier alpha value is -3.27. The fourth-order valence-corrected chi connectivity index (χ4v) is 3.92. The molecule has 0 amide bonds. The van der Waals surface area contributed by atoms with Gasteiger partial charge in [-0.15, -0.1) is 0 Å². The van der Waals surface area contributed by atoms with Crippen LogP contribution < -0.4 is 5.73 Å². The van der Waals surface area contributed by atoms with Crippen molar-refractivity contribution in [2.45, 2.75) is 5.92 Å². The number of allylic oxidation sites excluding steroid dienone is 2. The fraction of sp³-hybridized carbons (Fsp3) is 0.316. The van der Waals surface area contributed by atoms with E-state index in [4.69, 9.17) is 5.73 Å². The normalized spacial score (nSPS) is 25.1. The number of nitrogens with zero attached hydrogens (tertiary/aromatic N) is 4. The summed E-state index contributed by atoms with van der Waals surface area (Å²) in [5.41, 5.74) is 6.22. The first-order valence-electron chi connectivity index (χ1n) is 7.89. The van der Waals surface area contributed by atoms with Gasteiger partial charge in [0.15, 0.2) is 5.41 Å². The maximum absolute atomic E-state index is 9.89. The maximum Gasteiger partial charge on any atom is 0.191 e. The molecule has 0 spiro atoms. The molecule has 0 fully saturated rings. The van der Waals surface area contributed by atoms with Gasteiger partial charge in [0.05, 0.1) is 23.4 Å². The van der Waals surface area contributed by atoms with Crippen molar-refractivity contribution in [2.75, 3.05) is 20.1 Å². The molecule has 0 bridgehead atoms. The molecule has 0 radical (unpaired) electrons. The first kappa shape index (κ1) is 16.6. The molecule has 3 rings (SSSR count). The first-order valence-corrected chi connectivity index (χ1v) is 7.89. The van der Waals surface area contributed by atoms with Crippen LogP contribution in [0.5, 0.6) is 5.75 Å². The third-order valence-electron chi connectivity index (χ3n) is 5.08. The number of nitriles is 3. The number of hydrogen-bond acceptors (Lipinski definition) is 6. The number of benzene rings is 1. The highest BCUT2D eigenvalue weighted by molar-refractivity contribution is 5.59. The Morgan fingerprint density at radius 2 is 2.00 bits per heavy atom. The van der Waals surface area contributed by atoms with Crippen molar-refractivity contribution in [3.8, 4) is 24.0 Å². The maximum atomic E-state index is 9.89. The van der Waals surface area contributed by atoms with Gasteiger partial charge in [-0.1, -0.05) is 18.2 Å². The fourth-order valence-electron chi connectivity index (χ4n) is 3.92. The number of rotatable bonds is 1. The van der Waals surface area contributed by atoms with Crippen molar-refractivity contribution < 1.29 is 5.11 Å². The lowest BCUT2D eigenvalue weighted by Gasteiger charge is -2.45. The number of phenols is 1. The van der Waals surface area contributed by atoms with E-state index in [2.05, 4.69) is 23.1 Å². The summed E-state index contributed by atoms with van der Waals surface area (Å²) in [6.07, 6.45) is 1.94. The summed E-state index contributed by atoms with van der Waals surface area (Å²) in [5.74, 6) is -0.742. The highest BCUT2D eigenvalue weighted by Crippen LogP contribution is 2.54. The summed E-state index contributed by atoms with van der Waals surface area (Å²) in [6.45, 7) is 1.26. The molecule has 2 aliphatic rings. The minimum absolute atomic E-state index is 0.000367. The highest BCUT2D eigenvalue weighted by Gasteiger charge is 2.54. The Kier molecular flexibility index (Phi) is 3.97. The van der Waals surface area contributed by atoms with E-state index in [0.29, 0.717) is 18.7 Å². The number of likely N-dealkylation sites (N-methyl/N-ethyl adjacent to an activating group) is 1. The van der Waals surface area contributed by atoms with Gasteiger partial charge in [-0.05, 0) is 30.3 Å². The molecule has 0 saturated carbocycles. The van der Waals surface area contributed by atoms with Gasteiger partial charge in [0.2, 0.25) is 0 Å². The molecular weight excluding hydrogens is 314 g/mol. The standard InChI is InChI=1S/C19H17N5O/c1-24-6-5-14-15(8-20)18(23)19(10-21,11-22)17(16(14)9-24)12-3-2-4-13(25)7-12/h2-5,7,16-17,25H,6,9,23H2,1H3/t16-,17+/m1/s1. The largest absolute Gasteiger partial charge is 0.508 e. The SMILES string of the molecule is CN1CC=C2C(C#N)=C(N)C(C#N)(C#N)[C@@H](c3cccc(O)c3)[C@@H]2C1. The molecule has 3 N–H and O–H groups in total. The monoisotopic (exact) mass is 331 g/mol. The van der Waals surface area contributed by atoms with E-state index in [1.165, 1.54) is 6.07 Å². The Balaban J connectivity index is 2.34.